The molecule has 1 fully saturated rings. The van der Waals surface area contributed by atoms with Crippen molar-refractivity contribution in [2.75, 3.05) is 44.3 Å². The lowest BCUT2D eigenvalue weighted by Crippen LogP contribution is -2.36. The van der Waals surface area contributed by atoms with Gasteiger partial charge in [0, 0.05) is 26.2 Å². The molecule has 0 saturated carbocycles. The van der Waals surface area contributed by atoms with Gasteiger partial charge in [-0.1, -0.05) is 12.1 Å². The molecule has 2 rings (SSSR count). The number of nitrogens with zero attached hydrogens (tertiary/aromatic N) is 3. The monoisotopic (exact) mass is 275 g/mol. The van der Waals surface area contributed by atoms with Crippen LogP contribution in [-0.2, 0) is 4.74 Å². The van der Waals surface area contributed by atoms with Crippen molar-refractivity contribution in [2.45, 2.75) is 20.8 Å². The predicted molar refractivity (Wildman–Crippen MR) is 85.2 cm³/mol. The van der Waals surface area contributed by atoms with E-state index >= 15 is 0 Å². The number of anilines is 1. The molecule has 4 nitrogen and oxygen atoms in total. The van der Waals surface area contributed by atoms with Crippen LogP contribution in [0.2, 0.25) is 0 Å². The molecule has 0 amide bonds. The Labute approximate surface area is 122 Å². The van der Waals surface area contributed by atoms with Gasteiger partial charge in [-0.2, -0.15) is 0 Å². The molecule has 0 aliphatic carbocycles. The topological polar surface area (TPSA) is 28.1 Å². The van der Waals surface area contributed by atoms with Crippen LogP contribution < -0.4 is 4.90 Å². The molecular weight excluding hydrogens is 250 g/mol. The average Bonchev–Trinajstić information content (AvgIpc) is 2.50. The summed E-state index contributed by atoms with van der Waals surface area (Å²) in [4.78, 5) is 9.47. The van der Waals surface area contributed by atoms with E-state index in [4.69, 9.17) is 9.73 Å². The fraction of sp³-hybridized carbons (Fsp3) is 0.562. The predicted octanol–water partition coefficient (Wildman–Crippen LogP) is 2.91. The van der Waals surface area contributed by atoms with E-state index < -0.39 is 0 Å². The van der Waals surface area contributed by atoms with Crippen molar-refractivity contribution in [1.29, 1.82) is 0 Å². The van der Waals surface area contributed by atoms with Gasteiger partial charge in [0.05, 0.1) is 24.6 Å². The Balaban J connectivity index is 2.25. The van der Waals surface area contributed by atoms with Crippen molar-refractivity contribution in [3.8, 4) is 0 Å². The number of hydrogen-bond acceptors (Lipinski definition) is 3. The number of ether oxygens (including phenoxy) is 1. The third kappa shape index (κ3) is 3.51. The van der Waals surface area contributed by atoms with Crippen molar-refractivity contribution < 1.29 is 4.74 Å². The second-order valence-electron chi connectivity index (χ2n) is 4.92. The number of morpholine rings is 1. The zero-order valence-electron chi connectivity index (χ0n) is 12.8. The second-order valence-corrected chi connectivity index (χ2v) is 4.92. The van der Waals surface area contributed by atoms with Gasteiger partial charge in [-0.25, -0.2) is 4.99 Å². The number of hydrogen-bond donors (Lipinski definition) is 0. The van der Waals surface area contributed by atoms with Crippen LogP contribution in [-0.4, -0.2) is 50.1 Å². The first-order valence-corrected chi connectivity index (χ1v) is 7.48. The van der Waals surface area contributed by atoms with Crippen molar-refractivity contribution in [1.82, 2.24) is 4.90 Å². The Morgan fingerprint density at radius 1 is 1.20 bits per heavy atom. The first-order chi connectivity index (χ1) is 9.76. The average molecular weight is 275 g/mol. The number of benzene rings is 1. The fourth-order valence-electron chi connectivity index (χ4n) is 2.56. The lowest BCUT2D eigenvalue weighted by atomic mass is 10.2. The summed E-state index contributed by atoms with van der Waals surface area (Å²) in [5.74, 6) is 1.08. The highest BCUT2D eigenvalue weighted by molar-refractivity contribution is 5.85. The molecule has 1 aliphatic heterocycles. The third-order valence-corrected chi connectivity index (χ3v) is 3.74. The summed E-state index contributed by atoms with van der Waals surface area (Å²) in [6, 6.07) is 8.38. The largest absolute Gasteiger partial charge is 0.378 e. The zero-order valence-corrected chi connectivity index (χ0v) is 12.8. The molecule has 4 heteroatoms. The van der Waals surface area contributed by atoms with E-state index in [2.05, 4.69) is 54.8 Å². The quantitative estimate of drug-likeness (QED) is 0.625. The smallest absolute Gasteiger partial charge is 0.102 e. The Morgan fingerprint density at radius 3 is 2.50 bits per heavy atom. The highest BCUT2D eigenvalue weighted by atomic mass is 16.5. The Bertz CT molecular complexity index is 449. The van der Waals surface area contributed by atoms with Crippen molar-refractivity contribution in [2.24, 2.45) is 4.99 Å². The molecule has 0 aromatic heterocycles. The molecule has 0 unspecified atom stereocenters. The maximum absolute atomic E-state index is 5.43. The molecule has 1 aromatic rings. The third-order valence-electron chi connectivity index (χ3n) is 3.74. The Kier molecular flexibility index (Phi) is 5.41. The Morgan fingerprint density at radius 2 is 1.85 bits per heavy atom. The molecule has 0 bridgehead atoms. The molecule has 1 heterocycles. The second kappa shape index (κ2) is 7.29. The van der Waals surface area contributed by atoms with Crippen LogP contribution in [0.3, 0.4) is 0 Å². The minimum atomic E-state index is 0.799. The molecule has 0 radical (unpaired) electrons. The van der Waals surface area contributed by atoms with Crippen molar-refractivity contribution in [3.05, 3.63) is 24.3 Å². The normalized spacial score (nSPS) is 16.4. The molecule has 0 atom stereocenters. The summed E-state index contributed by atoms with van der Waals surface area (Å²) >= 11 is 0. The highest BCUT2D eigenvalue weighted by Gasteiger charge is 2.14. The lowest BCUT2D eigenvalue weighted by Gasteiger charge is -2.30. The highest BCUT2D eigenvalue weighted by Crippen LogP contribution is 2.29. The molecule has 20 heavy (non-hydrogen) atoms. The van der Waals surface area contributed by atoms with E-state index in [-0.39, 0.29) is 0 Å². The van der Waals surface area contributed by atoms with Crippen LogP contribution in [0.25, 0.3) is 0 Å². The number of rotatable bonds is 4. The summed E-state index contributed by atoms with van der Waals surface area (Å²) in [6.45, 7) is 11.9. The van der Waals surface area contributed by atoms with Gasteiger partial charge in [0.15, 0.2) is 0 Å². The minimum absolute atomic E-state index is 0.799. The van der Waals surface area contributed by atoms with Crippen LogP contribution in [0.1, 0.15) is 20.8 Å². The molecule has 1 aliphatic rings. The first-order valence-electron chi connectivity index (χ1n) is 7.48. The van der Waals surface area contributed by atoms with Gasteiger partial charge in [0.1, 0.15) is 5.84 Å². The number of aliphatic imine (C=N–C) groups is 1. The molecule has 1 aromatic carbocycles. The molecule has 1 saturated heterocycles. The molecule has 110 valence electrons. The maximum atomic E-state index is 5.43. The summed E-state index contributed by atoms with van der Waals surface area (Å²) in [6.07, 6.45) is 0. The zero-order chi connectivity index (χ0) is 14.4. The number of para-hydroxylation sites is 2. The van der Waals surface area contributed by atoms with Crippen LogP contribution in [0.5, 0.6) is 0 Å². The van der Waals surface area contributed by atoms with Crippen LogP contribution in [0, 0.1) is 0 Å². The molecule has 0 N–H and O–H groups in total. The van der Waals surface area contributed by atoms with E-state index in [1.165, 1.54) is 5.69 Å². The van der Waals surface area contributed by atoms with Crippen LogP contribution >= 0.6 is 0 Å². The standard InChI is InChI=1S/C16H25N3O/c1-4-18(5-2)14(3)17-15-8-6-7-9-16(15)19-10-12-20-13-11-19/h6-9H,4-5,10-13H2,1-3H3. The maximum Gasteiger partial charge on any atom is 0.102 e. The van der Waals surface area contributed by atoms with E-state index in [0.29, 0.717) is 0 Å². The summed E-state index contributed by atoms with van der Waals surface area (Å²) in [5.41, 5.74) is 2.26. The van der Waals surface area contributed by atoms with Gasteiger partial charge in [-0.3, -0.25) is 0 Å². The Hall–Kier alpha value is -1.55. The molecule has 0 spiro atoms. The van der Waals surface area contributed by atoms with E-state index in [1.54, 1.807) is 0 Å². The number of amidine groups is 1. The van der Waals surface area contributed by atoms with Crippen molar-refractivity contribution >= 4 is 17.2 Å². The van der Waals surface area contributed by atoms with Gasteiger partial charge in [0.25, 0.3) is 0 Å². The van der Waals surface area contributed by atoms with E-state index in [9.17, 15) is 0 Å². The lowest BCUT2D eigenvalue weighted by molar-refractivity contribution is 0.123. The summed E-state index contributed by atoms with van der Waals surface area (Å²) in [7, 11) is 0. The van der Waals surface area contributed by atoms with Crippen LogP contribution in [0.15, 0.2) is 29.3 Å². The van der Waals surface area contributed by atoms with Gasteiger partial charge in [0.2, 0.25) is 0 Å². The summed E-state index contributed by atoms with van der Waals surface area (Å²) in [5, 5.41) is 0. The van der Waals surface area contributed by atoms with Crippen LogP contribution in [0.4, 0.5) is 11.4 Å². The molecular formula is C16H25N3O. The SMILES string of the molecule is CCN(CC)C(C)=Nc1ccccc1N1CCOCC1. The van der Waals surface area contributed by atoms with E-state index in [0.717, 1.165) is 50.9 Å². The minimum Gasteiger partial charge on any atom is -0.378 e. The fourth-order valence-corrected chi connectivity index (χ4v) is 2.56. The summed E-state index contributed by atoms with van der Waals surface area (Å²) < 4.78 is 5.43. The van der Waals surface area contributed by atoms with Gasteiger partial charge in [-0.05, 0) is 32.9 Å². The van der Waals surface area contributed by atoms with Crippen molar-refractivity contribution in [3.63, 3.8) is 0 Å². The van der Waals surface area contributed by atoms with E-state index in [1.807, 2.05) is 0 Å². The van der Waals surface area contributed by atoms with Gasteiger partial charge >= 0.3 is 0 Å². The van der Waals surface area contributed by atoms with Gasteiger partial charge < -0.3 is 14.5 Å². The first kappa shape index (κ1) is 14.9. The van der Waals surface area contributed by atoms with Gasteiger partial charge in [-0.15, -0.1) is 0 Å².